The van der Waals surface area contributed by atoms with Gasteiger partial charge in [0.15, 0.2) is 5.13 Å². The van der Waals surface area contributed by atoms with Crippen LogP contribution in [-0.2, 0) is 9.53 Å². The molecule has 0 aliphatic heterocycles. The first-order valence-corrected chi connectivity index (χ1v) is 6.75. The van der Waals surface area contributed by atoms with Crippen LogP contribution < -0.4 is 4.90 Å². The molecule has 1 aromatic heterocycles. The SMILES string of the molecule is CCCN(C(C)=O)c1nc(C)c(C(=O)OCC)s1. The van der Waals surface area contributed by atoms with Crippen molar-refractivity contribution in [1.29, 1.82) is 0 Å². The number of rotatable bonds is 5. The number of carbonyl (C=O) groups excluding carboxylic acids is 2. The van der Waals surface area contributed by atoms with Crippen LogP contribution in [0.5, 0.6) is 0 Å². The highest BCUT2D eigenvalue weighted by atomic mass is 32.1. The fourth-order valence-corrected chi connectivity index (χ4v) is 2.53. The van der Waals surface area contributed by atoms with E-state index in [9.17, 15) is 9.59 Å². The highest BCUT2D eigenvalue weighted by Crippen LogP contribution is 2.27. The largest absolute Gasteiger partial charge is 0.462 e. The lowest BCUT2D eigenvalue weighted by molar-refractivity contribution is -0.116. The summed E-state index contributed by atoms with van der Waals surface area (Å²) in [6.07, 6.45) is 0.840. The Morgan fingerprint density at radius 1 is 1.39 bits per heavy atom. The summed E-state index contributed by atoms with van der Waals surface area (Å²) in [4.78, 5) is 29.5. The number of nitrogens with zero attached hydrogens (tertiary/aromatic N) is 2. The van der Waals surface area contributed by atoms with Gasteiger partial charge in [-0.2, -0.15) is 0 Å². The number of thiazole rings is 1. The van der Waals surface area contributed by atoms with Crippen molar-refractivity contribution in [1.82, 2.24) is 4.98 Å². The fourth-order valence-electron chi connectivity index (χ4n) is 1.50. The van der Waals surface area contributed by atoms with E-state index in [4.69, 9.17) is 4.74 Å². The zero-order chi connectivity index (χ0) is 13.7. The molecule has 0 aliphatic carbocycles. The molecule has 100 valence electrons. The van der Waals surface area contributed by atoms with Crippen molar-refractivity contribution in [2.45, 2.75) is 34.1 Å². The molecular formula is C12H18N2O3S. The van der Waals surface area contributed by atoms with Gasteiger partial charge in [0.05, 0.1) is 12.3 Å². The molecule has 0 radical (unpaired) electrons. The Labute approximate surface area is 111 Å². The van der Waals surface area contributed by atoms with E-state index in [0.29, 0.717) is 28.9 Å². The van der Waals surface area contributed by atoms with E-state index in [1.165, 1.54) is 18.3 Å². The van der Waals surface area contributed by atoms with Gasteiger partial charge in [0.2, 0.25) is 5.91 Å². The van der Waals surface area contributed by atoms with Gasteiger partial charge in [-0.3, -0.25) is 9.69 Å². The zero-order valence-corrected chi connectivity index (χ0v) is 12.0. The van der Waals surface area contributed by atoms with E-state index >= 15 is 0 Å². The number of aromatic nitrogens is 1. The van der Waals surface area contributed by atoms with Gasteiger partial charge in [0.1, 0.15) is 4.88 Å². The summed E-state index contributed by atoms with van der Waals surface area (Å²) in [7, 11) is 0. The van der Waals surface area contributed by atoms with Gasteiger partial charge >= 0.3 is 5.97 Å². The van der Waals surface area contributed by atoms with Crippen molar-refractivity contribution in [2.75, 3.05) is 18.1 Å². The molecule has 18 heavy (non-hydrogen) atoms. The van der Waals surface area contributed by atoms with Crippen molar-refractivity contribution >= 4 is 28.3 Å². The van der Waals surface area contributed by atoms with Gasteiger partial charge in [-0.25, -0.2) is 9.78 Å². The Hall–Kier alpha value is -1.43. The van der Waals surface area contributed by atoms with E-state index in [1.54, 1.807) is 18.7 Å². The molecule has 1 rings (SSSR count). The standard InChI is InChI=1S/C12H18N2O3S/c1-5-7-14(9(4)15)12-13-8(3)10(18-12)11(16)17-6-2/h5-7H2,1-4H3. The van der Waals surface area contributed by atoms with Crippen LogP contribution in [0.15, 0.2) is 0 Å². The number of amides is 1. The lowest BCUT2D eigenvalue weighted by atomic mass is 10.4. The smallest absolute Gasteiger partial charge is 0.350 e. The predicted octanol–water partition coefficient (Wildman–Crippen LogP) is 2.39. The number of esters is 1. The third kappa shape index (κ3) is 3.29. The van der Waals surface area contributed by atoms with E-state index in [2.05, 4.69) is 4.98 Å². The van der Waals surface area contributed by atoms with Crippen molar-refractivity contribution in [3.63, 3.8) is 0 Å². The molecule has 6 heteroatoms. The number of ether oxygens (including phenoxy) is 1. The Kier molecular flexibility index (Phi) is 5.27. The molecule has 0 aliphatic rings. The Morgan fingerprint density at radius 3 is 2.56 bits per heavy atom. The fraction of sp³-hybridized carbons (Fsp3) is 0.583. The monoisotopic (exact) mass is 270 g/mol. The van der Waals surface area contributed by atoms with Crippen molar-refractivity contribution in [2.24, 2.45) is 0 Å². The molecule has 1 amide bonds. The number of aryl methyl sites for hydroxylation is 1. The van der Waals surface area contributed by atoms with Crippen LogP contribution in [0.25, 0.3) is 0 Å². The first-order valence-electron chi connectivity index (χ1n) is 5.93. The van der Waals surface area contributed by atoms with Crippen molar-refractivity contribution in [3.05, 3.63) is 10.6 Å². The third-order valence-corrected chi connectivity index (χ3v) is 3.46. The lowest BCUT2D eigenvalue weighted by Crippen LogP contribution is -2.28. The molecule has 0 saturated heterocycles. The molecule has 0 bridgehead atoms. The zero-order valence-electron chi connectivity index (χ0n) is 11.1. The van der Waals surface area contributed by atoms with Gasteiger partial charge in [0, 0.05) is 13.5 Å². The molecule has 0 unspecified atom stereocenters. The van der Waals surface area contributed by atoms with E-state index in [0.717, 1.165) is 6.42 Å². The molecule has 0 aromatic carbocycles. The van der Waals surface area contributed by atoms with Gasteiger partial charge in [-0.15, -0.1) is 0 Å². The number of anilines is 1. The molecule has 0 fully saturated rings. The van der Waals surface area contributed by atoms with Gasteiger partial charge in [-0.05, 0) is 20.3 Å². The number of carbonyl (C=O) groups is 2. The van der Waals surface area contributed by atoms with Gasteiger partial charge in [-0.1, -0.05) is 18.3 Å². The second-order valence-corrected chi connectivity index (χ2v) is 4.78. The molecule has 5 nitrogen and oxygen atoms in total. The van der Waals surface area contributed by atoms with Crippen LogP contribution in [0.3, 0.4) is 0 Å². The maximum atomic E-state index is 11.7. The predicted molar refractivity (Wildman–Crippen MR) is 71.1 cm³/mol. The minimum absolute atomic E-state index is 0.0685. The number of hydrogen-bond acceptors (Lipinski definition) is 5. The van der Waals surface area contributed by atoms with E-state index in [1.807, 2.05) is 6.92 Å². The molecule has 1 aromatic rings. The van der Waals surface area contributed by atoms with Gasteiger partial charge in [0.25, 0.3) is 0 Å². The van der Waals surface area contributed by atoms with Gasteiger partial charge < -0.3 is 4.74 Å². The highest BCUT2D eigenvalue weighted by Gasteiger charge is 2.21. The van der Waals surface area contributed by atoms with Crippen LogP contribution in [0, 0.1) is 6.92 Å². The molecule has 0 N–H and O–H groups in total. The van der Waals surface area contributed by atoms with Crippen LogP contribution in [0.4, 0.5) is 5.13 Å². The topological polar surface area (TPSA) is 59.5 Å². The lowest BCUT2D eigenvalue weighted by Gasteiger charge is -2.16. The third-order valence-electron chi connectivity index (χ3n) is 2.30. The summed E-state index contributed by atoms with van der Waals surface area (Å²) in [5, 5.41) is 0.560. The quantitative estimate of drug-likeness (QED) is 0.771. The molecule has 0 atom stereocenters. The van der Waals surface area contributed by atoms with E-state index in [-0.39, 0.29) is 11.9 Å². The van der Waals surface area contributed by atoms with Crippen molar-refractivity contribution in [3.8, 4) is 0 Å². The summed E-state index contributed by atoms with van der Waals surface area (Å²) >= 11 is 1.20. The summed E-state index contributed by atoms with van der Waals surface area (Å²) < 4.78 is 4.95. The second-order valence-electron chi connectivity index (χ2n) is 3.80. The second kappa shape index (κ2) is 6.49. The first-order chi connectivity index (χ1) is 8.51. The summed E-state index contributed by atoms with van der Waals surface area (Å²) in [6.45, 7) is 7.92. The minimum atomic E-state index is -0.376. The Morgan fingerprint density at radius 2 is 2.06 bits per heavy atom. The Balaban J connectivity index is 3.01. The minimum Gasteiger partial charge on any atom is -0.462 e. The maximum Gasteiger partial charge on any atom is 0.350 e. The van der Waals surface area contributed by atoms with Crippen LogP contribution in [0.1, 0.15) is 42.6 Å². The molecular weight excluding hydrogens is 252 g/mol. The summed E-state index contributed by atoms with van der Waals surface area (Å²) in [5.74, 6) is -0.445. The first kappa shape index (κ1) is 14.6. The van der Waals surface area contributed by atoms with Crippen LogP contribution in [0.2, 0.25) is 0 Å². The summed E-state index contributed by atoms with van der Waals surface area (Å²) in [5.41, 5.74) is 0.607. The Bertz CT molecular complexity index is 443. The van der Waals surface area contributed by atoms with Crippen LogP contribution in [-0.4, -0.2) is 30.0 Å². The highest BCUT2D eigenvalue weighted by molar-refractivity contribution is 7.17. The average Bonchev–Trinajstić information content (AvgIpc) is 2.67. The average molecular weight is 270 g/mol. The normalized spacial score (nSPS) is 10.2. The van der Waals surface area contributed by atoms with Crippen LogP contribution >= 0.6 is 11.3 Å². The molecule has 0 saturated carbocycles. The van der Waals surface area contributed by atoms with Crippen molar-refractivity contribution < 1.29 is 14.3 Å². The maximum absolute atomic E-state index is 11.7. The molecule has 1 heterocycles. The van der Waals surface area contributed by atoms with E-state index < -0.39 is 0 Å². The number of hydrogen-bond donors (Lipinski definition) is 0. The summed E-state index contributed by atoms with van der Waals surface area (Å²) in [6, 6.07) is 0. The molecule has 0 spiro atoms.